The smallest absolute Gasteiger partial charge is 0.185 e. The number of nitrogens with zero attached hydrogens (tertiary/aromatic N) is 3. The van der Waals surface area contributed by atoms with E-state index in [9.17, 15) is 0 Å². The van der Waals surface area contributed by atoms with Crippen LogP contribution in [0.5, 0.6) is 0 Å². The average molecular weight is 282 g/mol. The van der Waals surface area contributed by atoms with Gasteiger partial charge >= 0.3 is 0 Å². The van der Waals surface area contributed by atoms with Gasteiger partial charge in [-0.25, -0.2) is 4.98 Å². The van der Waals surface area contributed by atoms with E-state index in [-0.39, 0.29) is 0 Å². The van der Waals surface area contributed by atoms with E-state index in [1.54, 1.807) is 11.3 Å². The van der Waals surface area contributed by atoms with Crippen molar-refractivity contribution in [2.75, 3.05) is 38.1 Å². The maximum absolute atomic E-state index is 4.79. The zero-order valence-electron chi connectivity index (χ0n) is 12.4. The van der Waals surface area contributed by atoms with Crippen molar-refractivity contribution in [1.29, 1.82) is 0 Å². The first-order valence-electron chi connectivity index (χ1n) is 7.31. The predicted molar refractivity (Wildman–Crippen MR) is 83.0 cm³/mol. The van der Waals surface area contributed by atoms with E-state index in [1.165, 1.54) is 30.2 Å². The minimum absolute atomic E-state index is 0.551. The van der Waals surface area contributed by atoms with Crippen LogP contribution in [0.15, 0.2) is 5.38 Å². The Morgan fingerprint density at radius 3 is 3.11 bits per heavy atom. The molecule has 0 saturated carbocycles. The van der Waals surface area contributed by atoms with Gasteiger partial charge < -0.3 is 15.1 Å². The summed E-state index contributed by atoms with van der Waals surface area (Å²) in [5, 5.41) is 6.80. The standard InChI is InChI=1S/C14H26N4S/c1-4-6-15-9-13-11-19-14(16-13)18-8-5-7-17(3)10-12(18)2/h11-12,15H,4-10H2,1-3H3. The highest BCUT2D eigenvalue weighted by Gasteiger charge is 2.21. The van der Waals surface area contributed by atoms with Crippen molar-refractivity contribution >= 4 is 16.5 Å². The molecule has 2 rings (SSSR count). The molecule has 1 aromatic rings. The van der Waals surface area contributed by atoms with Crippen molar-refractivity contribution in [2.45, 2.75) is 39.3 Å². The quantitative estimate of drug-likeness (QED) is 0.839. The van der Waals surface area contributed by atoms with Crippen molar-refractivity contribution in [3.63, 3.8) is 0 Å². The molecule has 1 unspecified atom stereocenters. The largest absolute Gasteiger partial charge is 0.344 e. The van der Waals surface area contributed by atoms with Gasteiger partial charge in [0.15, 0.2) is 5.13 Å². The third-order valence-electron chi connectivity index (χ3n) is 3.57. The lowest BCUT2D eigenvalue weighted by atomic mass is 10.3. The first kappa shape index (κ1) is 14.8. The molecule has 1 aliphatic rings. The third-order valence-corrected chi connectivity index (χ3v) is 4.49. The fourth-order valence-corrected chi connectivity index (χ4v) is 3.51. The summed E-state index contributed by atoms with van der Waals surface area (Å²) < 4.78 is 0. The van der Waals surface area contributed by atoms with E-state index in [2.05, 4.69) is 41.4 Å². The molecule has 0 spiro atoms. The van der Waals surface area contributed by atoms with Crippen LogP contribution in [0.25, 0.3) is 0 Å². The van der Waals surface area contributed by atoms with E-state index >= 15 is 0 Å². The second-order valence-corrected chi connectivity index (χ2v) is 6.29. The molecule has 108 valence electrons. The summed E-state index contributed by atoms with van der Waals surface area (Å²) >= 11 is 1.78. The van der Waals surface area contributed by atoms with Gasteiger partial charge in [-0.2, -0.15) is 0 Å². The Morgan fingerprint density at radius 1 is 1.47 bits per heavy atom. The Labute approximate surface area is 120 Å². The van der Waals surface area contributed by atoms with Crippen molar-refractivity contribution in [2.24, 2.45) is 0 Å². The number of hydrogen-bond donors (Lipinski definition) is 1. The monoisotopic (exact) mass is 282 g/mol. The Balaban J connectivity index is 1.96. The molecule has 1 saturated heterocycles. The molecule has 4 nitrogen and oxygen atoms in total. The molecular weight excluding hydrogens is 256 g/mol. The molecule has 0 amide bonds. The normalized spacial score (nSPS) is 21.6. The molecule has 0 bridgehead atoms. The highest BCUT2D eigenvalue weighted by molar-refractivity contribution is 7.13. The minimum Gasteiger partial charge on any atom is -0.344 e. The Hall–Kier alpha value is -0.650. The van der Waals surface area contributed by atoms with Crippen molar-refractivity contribution in [1.82, 2.24) is 15.2 Å². The van der Waals surface area contributed by atoms with Gasteiger partial charge in [-0.1, -0.05) is 6.92 Å². The zero-order valence-corrected chi connectivity index (χ0v) is 13.2. The van der Waals surface area contributed by atoms with E-state index in [4.69, 9.17) is 4.98 Å². The number of hydrogen-bond acceptors (Lipinski definition) is 5. The third kappa shape index (κ3) is 4.16. The average Bonchev–Trinajstić information content (AvgIpc) is 2.76. The van der Waals surface area contributed by atoms with Gasteiger partial charge in [-0.05, 0) is 39.9 Å². The van der Waals surface area contributed by atoms with Crippen molar-refractivity contribution < 1.29 is 0 Å². The fraction of sp³-hybridized carbons (Fsp3) is 0.786. The predicted octanol–water partition coefficient (Wildman–Crippen LogP) is 2.17. The molecule has 1 fully saturated rings. The number of aromatic nitrogens is 1. The highest BCUT2D eigenvalue weighted by Crippen LogP contribution is 2.24. The molecule has 0 radical (unpaired) electrons. The number of nitrogens with one attached hydrogen (secondary N) is 1. The SMILES string of the molecule is CCCNCc1csc(N2CCCN(C)CC2C)n1. The number of anilines is 1. The van der Waals surface area contributed by atoms with Gasteiger partial charge in [0.2, 0.25) is 0 Å². The summed E-state index contributed by atoms with van der Waals surface area (Å²) in [7, 11) is 2.21. The van der Waals surface area contributed by atoms with E-state index in [1.807, 2.05) is 0 Å². The van der Waals surface area contributed by atoms with Crippen LogP contribution in [-0.2, 0) is 6.54 Å². The highest BCUT2D eigenvalue weighted by atomic mass is 32.1. The molecule has 0 aliphatic carbocycles. The minimum atomic E-state index is 0.551. The Morgan fingerprint density at radius 2 is 2.32 bits per heavy atom. The van der Waals surface area contributed by atoms with Crippen LogP contribution < -0.4 is 10.2 Å². The van der Waals surface area contributed by atoms with Crippen LogP contribution >= 0.6 is 11.3 Å². The Bertz CT molecular complexity index is 379. The summed E-state index contributed by atoms with van der Waals surface area (Å²) in [6, 6.07) is 0.551. The van der Waals surface area contributed by atoms with Crippen LogP contribution in [0.2, 0.25) is 0 Å². The van der Waals surface area contributed by atoms with E-state index in [0.717, 1.165) is 26.2 Å². The lowest BCUT2D eigenvalue weighted by Gasteiger charge is -2.27. The first-order valence-corrected chi connectivity index (χ1v) is 8.19. The first-order chi connectivity index (χ1) is 9.20. The second kappa shape index (κ2) is 7.22. The van der Waals surface area contributed by atoms with Crippen LogP contribution in [0, 0.1) is 0 Å². The zero-order chi connectivity index (χ0) is 13.7. The second-order valence-electron chi connectivity index (χ2n) is 5.46. The fourth-order valence-electron chi connectivity index (χ4n) is 2.56. The molecular formula is C14H26N4S. The summed E-state index contributed by atoms with van der Waals surface area (Å²) in [6.07, 6.45) is 2.40. The van der Waals surface area contributed by atoms with Gasteiger partial charge in [0.1, 0.15) is 0 Å². The molecule has 1 N–H and O–H groups in total. The van der Waals surface area contributed by atoms with Crippen LogP contribution in [0.1, 0.15) is 32.4 Å². The van der Waals surface area contributed by atoms with Gasteiger partial charge in [0.05, 0.1) is 5.69 Å². The van der Waals surface area contributed by atoms with E-state index < -0.39 is 0 Å². The van der Waals surface area contributed by atoms with Crippen molar-refractivity contribution in [3.05, 3.63) is 11.1 Å². The van der Waals surface area contributed by atoms with Gasteiger partial charge in [0, 0.05) is 31.1 Å². The van der Waals surface area contributed by atoms with Gasteiger partial charge in [-0.15, -0.1) is 11.3 Å². The van der Waals surface area contributed by atoms with Crippen LogP contribution in [0.4, 0.5) is 5.13 Å². The molecule has 19 heavy (non-hydrogen) atoms. The maximum Gasteiger partial charge on any atom is 0.185 e. The Kier molecular flexibility index (Phi) is 5.60. The van der Waals surface area contributed by atoms with Gasteiger partial charge in [-0.3, -0.25) is 0 Å². The summed E-state index contributed by atoms with van der Waals surface area (Å²) in [4.78, 5) is 9.67. The van der Waals surface area contributed by atoms with Crippen LogP contribution in [0.3, 0.4) is 0 Å². The molecule has 1 atom stereocenters. The van der Waals surface area contributed by atoms with Crippen molar-refractivity contribution in [3.8, 4) is 0 Å². The summed E-state index contributed by atoms with van der Waals surface area (Å²) in [6.45, 7) is 9.90. The lowest BCUT2D eigenvalue weighted by molar-refractivity contribution is 0.337. The number of rotatable bonds is 5. The summed E-state index contributed by atoms with van der Waals surface area (Å²) in [5.74, 6) is 0. The maximum atomic E-state index is 4.79. The number of thiazole rings is 1. The molecule has 1 aromatic heterocycles. The van der Waals surface area contributed by atoms with E-state index in [0.29, 0.717) is 6.04 Å². The molecule has 0 aromatic carbocycles. The van der Waals surface area contributed by atoms with Gasteiger partial charge in [0.25, 0.3) is 0 Å². The molecule has 1 aliphatic heterocycles. The topological polar surface area (TPSA) is 31.4 Å². The summed E-state index contributed by atoms with van der Waals surface area (Å²) in [5.41, 5.74) is 1.18. The number of likely N-dealkylation sites (N-methyl/N-ethyl adjacent to an activating group) is 1. The molecule has 5 heteroatoms. The van der Waals surface area contributed by atoms with Crippen LogP contribution in [-0.4, -0.2) is 49.2 Å². The lowest BCUT2D eigenvalue weighted by Crippen LogP contribution is -2.37. The molecule has 2 heterocycles.